The number of hydrogen-bond acceptors (Lipinski definition) is 3. The Morgan fingerprint density at radius 3 is 2.25 bits per heavy atom. The van der Waals surface area contributed by atoms with E-state index < -0.39 is 5.41 Å². The van der Waals surface area contributed by atoms with Crippen molar-refractivity contribution in [3.05, 3.63) is 0 Å². The second kappa shape index (κ2) is 6.21. The number of nitrogens with one attached hydrogen (secondary N) is 1. The lowest BCUT2D eigenvalue weighted by Gasteiger charge is -2.33. The zero-order chi connectivity index (χ0) is 12.9. The predicted molar refractivity (Wildman–Crippen MR) is 67.7 cm³/mol. The van der Waals surface area contributed by atoms with E-state index in [0.717, 1.165) is 6.42 Å². The second-order valence-corrected chi connectivity index (χ2v) is 5.75. The molecule has 1 unspecified atom stereocenters. The van der Waals surface area contributed by atoms with Gasteiger partial charge in [-0.15, -0.1) is 0 Å². The van der Waals surface area contributed by atoms with Gasteiger partial charge in [0, 0.05) is 12.6 Å². The SMILES string of the molecule is CC(C)CC(C)N(C)CC(C)(C)C(=O)NN. The van der Waals surface area contributed by atoms with Crippen LogP contribution in [0, 0.1) is 11.3 Å². The fourth-order valence-corrected chi connectivity index (χ4v) is 1.91. The van der Waals surface area contributed by atoms with Crippen molar-refractivity contribution in [3.63, 3.8) is 0 Å². The highest BCUT2D eigenvalue weighted by Crippen LogP contribution is 2.19. The summed E-state index contributed by atoms with van der Waals surface area (Å²) in [5.74, 6) is 5.73. The smallest absolute Gasteiger partial charge is 0.240 e. The molecule has 0 aliphatic carbocycles. The third-order valence-corrected chi connectivity index (χ3v) is 2.96. The molecule has 96 valence electrons. The molecule has 0 saturated heterocycles. The van der Waals surface area contributed by atoms with Crippen LogP contribution in [0.5, 0.6) is 0 Å². The number of rotatable bonds is 6. The summed E-state index contributed by atoms with van der Waals surface area (Å²) in [6, 6.07) is 0.477. The van der Waals surface area contributed by atoms with E-state index >= 15 is 0 Å². The number of carbonyl (C=O) groups is 1. The first kappa shape index (κ1) is 15.4. The minimum absolute atomic E-state index is 0.115. The molecule has 0 bridgehead atoms. The van der Waals surface area contributed by atoms with Gasteiger partial charge in [0.2, 0.25) is 5.91 Å². The van der Waals surface area contributed by atoms with E-state index in [2.05, 4.69) is 38.1 Å². The van der Waals surface area contributed by atoms with Crippen LogP contribution in [0.4, 0.5) is 0 Å². The molecule has 0 heterocycles. The van der Waals surface area contributed by atoms with Gasteiger partial charge in [-0.3, -0.25) is 10.2 Å². The van der Waals surface area contributed by atoms with Crippen molar-refractivity contribution >= 4 is 5.91 Å². The molecular formula is C12H27N3O. The van der Waals surface area contributed by atoms with Crippen molar-refractivity contribution in [3.8, 4) is 0 Å². The average molecular weight is 229 g/mol. The lowest BCUT2D eigenvalue weighted by molar-refractivity contribution is -0.130. The van der Waals surface area contributed by atoms with E-state index in [0.29, 0.717) is 18.5 Å². The third kappa shape index (κ3) is 4.94. The second-order valence-electron chi connectivity index (χ2n) is 5.75. The van der Waals surface area contributed by atoms with E-state index in [1.807, 2.05) is 13.8 Å². The molecule has 1 atom stereocenters. The minimum atomic E-state index is -0.450. The van der Waals surface area contributed by atoms with Crippen molar-refractivity contribution in [1.82, 2.24) is 10.3 Å². The Morgan fingerprint density at radius 2 is 1.88 bits per heavy atom. The maximum absolute atomic E-state index is 11.6. The summed E-state index contributed by atoms with van der Waals surface area (Å²) >= 11 is 0. The summed E-state index contributed by atoms with van der Waals surface area (Å²) in [5.41, 5.74) is 1.78. The normalized spacial score (nSPS) is 14.3. The Hall–Kier alpha value is -0.610. The predicted octanol–water partition coefficient (Wildman–Crippen LogP) is 1.37. The van der Waals surface area contributed by atoms with E-state index in [1.165, 1.54) is 0 Å². The number of hydrogen-bond donors (Lipinski definition) is 2. The Labute approximate surface area is 99.5 Å². The van der Waals surface area contributed by atoms with E-state index in [4.69, 9.17) is 5.84 Å². The van der Waals surface area contributed by atoms with Crippen LogP contribution in [0.15, 0.2) is 0 Å². The number of hydrazine groups is 1. The number of amides is 1. The van der Waals surface area contributed by atoms with Crippen LogP contribution >= 0.6 is 0 Å². The zero-order valence-corrected chi connectivity index (χ0v) is 11.5. The maximum atomic E-state index is 11.6. The van der Waals surface area contributed by atoms with Gasteiger partial charge in [-0.1, -0.05) is 13.8 Å². The monoisotopic (exact) mass is 229 g/mol. The van der Waals surface area contributed by atoms with Gasteiger partial charge in [0.25, 0.3) is 0 Å². The Kier molecular flexibility index (Phi) is 5.97. The van der Waals surface area contributed by atoms with E-state index in [1.54, 1.807) is 0 Å². The van der Waals surface area contributed by atoms with Crippen LogP contribution in [-0.4, -0.2) is 30.4 Å². The summed E-state index contributed by atoms with van der Waals surface area (Å²) in [6.07, 6.45) is 1.14. The topological polar surface area (TPSA) is 58.4 Å². The molecule has 0 saturated carbocycles. The quantitative estimate of drug-likeness (QED) is 0.411. The summed E-state index contributed by atoms with van der Waals surface area (Å²) in [7, 11) is 2.05. The molecule has 1 amide bonds. The summed E-state index contributed by atoms with van der Waals surface area (Å²) in [4.78, 5) is 13.8. The largest absolute Gasteiger partial charge is 0.303 e. The van der Waals surface area contributed by atoms with Gasteiger partial charge in [0.1, 0.15) is 0 Å². The molecule has 0 spiro atoms. The zero-order valence-electron chi connectivity index (χ0n) is 11.5. The van der Waals surface area contributed by atoms with Crippen molar-refractivity contribution in [2.45, 2.75) is 47.1 Å². The fraction of sp³-hybridized carbons (Fsp3) is 0.917. The van der Waals surface area contributed by atoms with Crippen molar-refractivity contribution in [2.24, 2.45) is 17.2 Å². The number of nitrogens with two attached hydrogens (primary N) is 1. The van der Waals surface area contributed by atoms with Gasteiger partial charge in [-0.25, -0.2) is 5.84 Å². The Balaban J connectivity index is 4.32. The first-order chi connectivity index (χ1) is 7.20. The minimum Gasteiger partial charge on any atom is -0.303 e. The van der Waals surface area contributed by atoms with Gasteiger partial charge < -0.3 is 4.90 Å². The van der Waals surface area contributed by atoms with Crippen LogP contribution in [0.2, 0.25) is 0 Å². The molecule has 0 radical (unpaired) electrons. The molecule has 4 nitrogen and oxygen atoms in total. The van der Waals surface area contributed by atoms with Gasteiger partial charge in [-0.2, -0.15) is 0 Å². The average Bonchev–Trinajstić information content (AvgIpc) is 2.14. The molecule has 16 heavy (non-hydrogen) atoms. The molecule has 0 aromatic carbocycles. The highest BCUT2D eigenvalue weighted by Gasteiger charge is 2.29. The number of carbonyl (C=O) groups excluding carboxylic acids is 1. The lowest BCUT2D eigenvalue weighted by atomic mass is 9.91. The molecule has 0 aliphatic heterocycles. The first-order valence-corrected chi connectivity index (χ1v) is 5.92. The summed E-state index contributed by atoms with van der Waals surface area (Å²) in [5, 5.41) is 0. The Morgan fingerprint density at radius 1 is 1.38 bits per heavy atom. The third-order valence-electron chi connectivity index (χ3n) is 2.96. The summed E-state index contributed by atoms with van der Waals surface area (Å²) < 4.78 is 0. The Bertz CT molecular complexity index is 226. The molecule has 4 heteroatoms. The summed E-state index contributed by atoms with van der Waals surface area (Å²) in [6.45, 7) is 11.1. The van der Waals surface area contributed by atoms with Gasteiger partial charge in [-0.05, 0) is 40.2 Å². The molecular weight excluding hydrogens is 202 g/mol. The van der Waals surface area contributed by atoms with Crippen molar-refractivity contribution < 1.29 is 4.79 Å². The standard InChI is InChI=1S/C12H27N3O/c1-9(2)7-10(3)15(6)8-12(4,5)11(16)14-13/h9-10H,7-8,13H2,1-6H3,(H,14,16). The van der Waals surface area contributed by atoms with Crippen LogP contribution in [0.3, 0.4) is 0 Å². The highest BCUT2D eigenvalue weighted by atomic mass is 16.2. The van der Waals surface area contributed by atoms with Gasteiger partial charge in [0.15, 0.2) is 0 Å². The van der Waals surface area contributed by atoms with Gasteiger partial charge in [0.05, 0.1) is 5.41 Å². The number of nitrogens with zero attached hydrogens (tertiary/aromatic N) is 1. The molecule has 0 aromatic rings. The van der Waals surface area contributed by atoms with E-state index in [9.17, 15) is 4.79 Å². The van der Waals surface area contributed by atoms with Gasteiger partial charge >= 0.3 is 0 Å². The first-order valence-electron chi connectivity index (χ1n) is 5.92. The molecule has 0 fully saturated rings. The molecule has 3 N–H and O–H groups in total. The van der Waals surface area contributed by atoms with Crippen LogP contribution in [0.1, 0.15) is 41.0 Å². The highest BCUT2D eigenvalue weighted by molar-refractivity contribution is 5.81. The van der Waals surface area contributed by atoms with Crippen LogP contribution < -0.4 is 11.3 Å². The van der Waals surface area contributed by atoms with Crippen molar-refractivity contribution in [2.75, 3.05) is 13.6 Å². The fourth-order valence-electron chi connectivity index (χ4n) is 1.91. The van der Waals surface area contributed by atoms with Crippen LogP contribution in [0.25, 0.3) is 0 Å². The molecule has 0 aromatic heterocycles. The maximum Gasteiger partial charge on any atom is 0.240 e. The van der Waals surface area contributed by atoms with Crippen LogP contribution in [-0.2, 0) is 4.79 Å². The molecule has 0 aliphatic rings. The van der Waals surface area contributed by atoms with Crippen molar-refractivity contribution in [1.29, 1.82) is 0 Å². The van der Waals surface area contributed by atoms with E-state index in [-0.39, 0.29) is 5.91 Å². The lowest BCUT2D eigenvalue weighted by Crippen LogP contribution is -2.48. The molecule has 0 rings (SSSR count).